The molecule has 0 bridgehead atoms. The van der Waals surface area contributed by atoms with Crippen molar-refractivity contribution in [2.45, 2.75) is 71.3 Å². The van der Waals surface area contributed by atoms with Crippen molar-refractivity contribution in [3.63, 3.8) is 0 Å². The number of nitrogens with one attached hydrogen (secondary N) is 2. The summed E-state index contributed by atoms with van der Waals surface area (Å²) in [6.07, 6.45) is 9.70. The molecule has 1 aliphatic rings. The van der Waals surface area contributed by atoms with E-state index in [9.17, 15) is 4.79 Å². The second-order valence-corrected chi connectivity index (χ2v) is 5.86. The smallest absolute Gasteiger partial charge is 0.220 e. The Kier molecular flexibility index (Phi) is 8.06. The summed E-state index contributed by atoms with van der Waals surface area (Å²) in [6, 6.07) is 0.513. The highest BCUT2D eigenvalue weighted by molar-refractivity contribution is 5.75. The Labute approximate surface area is 112 Å². The minimum absolute atomic E-state index is 0.215. The molecule has 3 heteroatoms. The molecule has 2 N–H and O–H groups in total. The van der Waals surface area contributed by atoms with E-state index in [0.717, 1.165) is 31.8 Å². The fourth-order valence-corrected chi connectivity index (χ4v) is 2.65. The first-order valence-electron chi connectivity index (χ1n) is 7.68. The summed E-state index contributed by atoms with van der Waals surface area (Å²) >= 11 is 0. The standard InChI is InChI=1S/C15H30N2O/c1-13(2)16-11-6-10-15(18)17-12-5-9-14-7-3-4-8-14/h13-14,16H,3-12H2,1-2H3,(H,17,18). The molecule has 1 rings (SSSR count). The summed E-state index contributed by atoms with van der Waals surface area (Å²) in [5.74, 6) is 1.16. The highest BCUT2D eigenvalue weighted by Gasteiger charge is 2.14. The topological polar surface area (TPSA) is 41.1 Å². The summed E-state index contributed by atoms with van der Waals surface area (Å²) in [4.78, 5) is 11.5. The molecule has 0 heterocycles. The van der Waals surface area contributed by atoms with E-state index < -0.39 is 0 Å². The van der Waals surface area contributed by atoms with Crippen molar-refractivity contribution in [2.75, 3.05) is 13.1 Å². The maximum Gasteiger partial charge on any atom is 0.220 e. The second-order valence-electron chi connectivity index (χ2n) is 5.86. The predicted octanol–water partition coefficient (Wildman–Crippen LogP) is 2.85. The third kappa shape index (κ3) is 7.70. The van der Waals surface area contributed by atoms with Crippen molar-refractivity contribution in [3.05, 3.63) is 0 Å². The molecule has 18 heavy (non-hydrogen) atoms. The average molecular weight is 254 g/mol. The molecule has 0 atom stereocenters. The van der Waals surface area contributed by atoms with Gasteiger partial charge in [0.2, 0.25) is 5.91 Å². The van der Waals surface area contributed by atoms with Gasteiger partial charge in [-0.15, -0.1) is 0 Å². The van der Waals surface area contributed by atoms with Crippen LogP contribution in [-0.2, 0) is 4.79 Å². The first-order chi connectivity index (χ1) is 8.68. The van der Waals surface area contributed by atoms with Crippen molar-refractivity contribution >= 4 is 5.91 Å². The van der Waals surface area contributed by atoms with Crippen molar-refractivity contribution < 1.29 is 4.79 Å². The summed E-state index contributed by atoms with van der Waals surface area (Å²) in [6.45, 7) is 6.06. The van der Waals surface area contributed by atoms with E-state index in [1.54, 1.807) is 0 Å². The number of rotatable bonds is 9. The molecule has 106 valence electrons. The number of carbonyl (C=O) groups excluding carboxylic acids is 1. The average Bonchev–Trinajstić information content (AvgIpc) is 2.83. The van der Waals surface area contributed by atoms with E-state index in [1.807, 2.05) is 0 Å². The molecule has 0 spiro atoms. The first kappa shape index (κ1) is 15.5. The third-order valence-electron chi connectivity index (χ3n) is 3.72. The molecular weight excluding hydrogens is 224 g/mol. The van der Waals surface area contributed by atoms with Gasteiger partial charge < -0.3 is 10.6 Å². The van der Waals surface area contributed by atoms with Crippen molar-refractivity contribution in [3.8, 4) is 0 Å². The van der Waals surface area contributed by atoms with Crippen LogP contribution in [0.1, 0.15) is 65.2 Å². The molecule has 0 saturated heterocycles. The highest BCUT2D eigenvalue weighted by Crippen LogP contribution is 2.28. The molecule has 0 aromatic carbocycles. The lowest BCUT2D eigenvalue weighted by Crippen LogP contribution is -2.27. The number of carbonyl (C=O) groups is 1. The SMILES string of the molecule is CC(C)NCCCC(=O)NCCCC1CCCC1. The Morgan fingerprint density at radius 2 is 1.89 bits per heavy atom. The van der Waals surface area contributed by atoms with Gasteiger partial charge in [0.25, 0.3) is 0 Å². The van der Waals surface area contributed by atoms with Crippen LogP contribution in [0.15, 0.2) is 0 Å². The van der Waals surface area contributed by atoms with Crippen molar-refractivity contribution in [2.24, 2.45) is 5.92 Å². The zero-order valence-corrected chi connectivity index (χ0v) is 12.1. The van der Waals surface area contributed by atoms with Crippen LogP contribution in [-0.4, -0.2) is 25.0 Å². The highest BCUT2D eigenvalue weighted by atomic mass is 16.1. The summed E-state index contributed by atoms with van der Waals surface area (Å²) in [5, 5.41) is 6.35. The minimum Gasteiger partial charge on any atom is -0.356 e. The molecule has 0 radical (unpaired) electrons. The van der Waals surface area contributed by atoms with Gasteiger partial charge in [-0.2, -0.15) is 0 Å². The van der Waals surface area contributed by atoms with Crippen LogP contribution in [0, 0.1) is 5.92 Å². The van der Waals surface area contributed by atoms with Crippen molar-refractivity contribution in [1.82, 2.24) is 10.6 Å². The Morgan fingerprint density at radius 1 is 1.17 bits per heavy atom. The molecule has 1 amide bonds. The van der Waals surface area contributed by atoms with E-state index in [0.29, 0.717) is 12.5 Å². The van der Waals surface area contributed by atoms with E-state index in [1.165, 1.54) is 32.1 Å². The van der Waals surface area contributed by atoms with Crippen molar-refractivity contribution in [1.29, 1.82) is 0 Å². The molecule has 1 saturated carbocycles. The number of hydrogen-bond acceptors (Lipinski definition) is 2. The van der Waals surface area contributed by atoms with Crippen LogP contribution in [0.3, 0.4) is 0 Å². The van der Waals surface area contributed by atoms with Crippen LogP contribution in [0.25, 0.3) is 0 Å². The molecule has 0 aliphatic heterocycles. The number of hydrogen-bond donors (Lipinski definition) is 2. The summed E-state index contributed by atoms with van der Waals surface area (Å²) in [7, 11) is 0. The molecule has 1 fully saturated rings. The fourth-order valence-electron chi connectivity index (χ4n) is 2.65. The molecule has 0 unspecified atom stereocenters. The normalized spacial score (nSPS) is 16.4. The second kappa shape index (κ2) is 9.37. The monoisotopic (exact) mass is 254 g/mol. The minimum atomic E-state index is 0.215. The molecule has 1 aliphatic carbocycles. The zero-order chi connectivity index (χ0) is 13.2. The Hall–Kier alpha value is -0.570. The molecular formula is C15H30N2O. The van der Waals surface area contributed by atoms with Gasteiger partial charge in [-0.1, -0.05) is 39.5 Å². The van der Waals surface area contributed by atoms with Gasteiger partial charge in [0.15, 0.2) is 0 Å². The summed E-state index contributed by atoms with van der Waals surface area (Å²) < 4.78 is 0. The van der Waals surface area contributed by atoms with E-state index in [2.05, 4.69) is 24.5 Å². The summed E-state index contributed by atoms with van der Waals surface area (Å²) in [5.41, 5.74) is 0. The van der Waals surface area contributed by atoms with Gasteiger partial charge in [-0.3, -0.25) is 4.79 Å². The fraction of sp³-hybridized carbons (Fsp3) is 0.933. The predicted molar refractivity (Wildman–Crippen MR) is 76.6 cm³/mol. The molecule has 0 aromatic heterocycles. The van der Waals surface area contributed by atoms with E-state index >= 15 is 0 Å². The largest absolute Gasteiger partial charge is 0.356 e. The van der Waals surface area contributed by atoms with E-state index in [-0.39, 0.29) is 5.91 Å². The maximum absolute atomic E-state index is 11.5. The van der Waals surface area contributed by atoms with Crippen LogP contribution >= 0.6 is 0 Å². The van der Waals surface area contributed by atoms with Gasteiger partial charge in [0.1, 0.15) is 0 Å². The van der Waals surface area contributed by atoms with Gasteiger partial charge in [0.05, 0.1) is 0 Å². The lowest BCUT2D eigenvalue weighted by molar-refractivity contribution is -0.121. The lowest BCUT2D eigenvalue weighted by Gasteiger charge is -2.10. The van der Waals surface area contributed by atoms with Gasteiger partial charge in [-0.05, 0) is 31.7 Å². The Morgan fingerprint density at radius 3 is 2.56 bits per heavy atom. The van der Waals surface area contributed by atoms with Gasteiger partial charge in [-0.25, -0.2) is 0 Å². The number of amides is 1. The van der Waals surface area contributed by atoms with Gasteiger partial charge in [0, 0.05) is 19.0 Å². The first-order valence-corrected chi connectivity index (χ1v) is 7.68. The van der Waals surface area contributed by atoms with Crippen LogP contribution < -0.4 is 10.6 Å². The van der Waals surface area contributed by atoms with Crippen LogP contribution in [0.2, 0.25) is 0 Å². The Bertz CT molecular complexity index is 223. The quantitative estimate of drug-likeness (QED) is 0.621. The zero-order valence-electron chi connectivity index (χ0n) is 12.1. The maximum atomic E-state index is 11.5. The van der Waals surface area contributed by atoms with Crippen LogP contribution in [0.4, 0.5) is 0 Å². The van der Waals surface area contributed by atoms with E-state index in [4.69, 9.17) is 0 Å². The molecule has 3 nitrogen and oxygen atoms in total. The Balaban J connectivity index is 1.87. The lowest BCUT2D eigenvalue weighted by atomic mass is 10.0. The van der Waals surface area contributed by atoms with Gasteiger partial charge >= 0.3 is 0 Å². The van der Waals surface area contributed by atoms with Crippen LogP contribution in [0.5, 0.6) is 0 Å². The third-order valence-corrected chi connectivity index (χ3v) is 3.72. The molecule has 0 aromatic rings.